The minimum atomic E-state index is -1.10. The highest BCUT2D eigenvalue weighted by Gasteiger charge is 2.22. The van der Waals surface area contributed by atoms with Gasteiger partial charge in [0, 0.05) is 29.0 Å². The Bertz CT molecular complexity index is 996. The number of benzene rings is 2. The van der Waals surface area contributed by atoms with Crippen LogP contribution in [0.15, 0.2) is 59.4 Å². The van der Waals surface area contributed by atoms with Crippen LogP contribution in [0.4, 0.5) is 0 Å². The fourth-order valence-corrected chi connectivity index (χ4v) is 2.99. The molecule has 0 aliphatic heterocycles. The molecule has 0 saturated carbocycles. The van der Waals surface area contributed by atoms with E-state index in [2.05, 4.69) is 5.32 Å². The summed E-state index contributed by atoms with van der Waals surface area (Å²) < 4.78 is 1.43. The molecule has 6 nitrogen and oxygen atoms in total. The molecule has 0 bridgehead atoms. The number of nitrogens with zero attached hydrogens (tertiary/aromatic N) is 1. The van der Waals surface area contributed by atoms with E-state index in [-0.39, 0.29) is 30.3 Å². The molecule has 1 aromatic heterocycles. The van der Waals surface area contributed by atoms with Gasteiger partial charge in [-0.1, -0.05) is 36.4 Å². The summed E-state index contributed by atoms with van der Waals surface area (Å²) in [4.78, 5) is 25.2. The van der Waals surface area contributed by atoms with Crippen LogP contribution >= 0.6 is 0 Å². The quantitative estimate of drug-likeness (QED) is 0.632. The maximum Gasteiger partial charge on any atom is 0.338 e. The van der Waals surface area contributed by atoms with Crippen molar-refractivity contribution in [1.29, 1.82) is 0 Å². The number of aromatic carboxylic acids is 1. The Balaban J connectivity index is 2.37. The van der Waals surface area contributed by atoms with E-state index < -0.39 is 5.97 Å². The molecule has 3 aromatic rings. The van der Waals surface area contributed by atoms with E-state index >= 15 is 0 Å². The zero-order chi connectivity index (χ0) is 18.7. The van der Waals surface area contributed by atoms with E-state index in [1.54, 1.807) is 55.5 Å². The molecule has 0 radical (unpaired) electrons. The van der Waals surface area contributed by atoms with Crippen molar-refractivity contribution in [2.24, 2.45) is 0 Å². The summed E-state index contributed by atoms with van der Waals surface area (Å²) in [7, 11) is 0. The molecule has 3 N–H and O–H groups in total. The van der Waals surface area contributed by atoms with Gasteiger partial charge in [0.25, 0.3) is 5.56 Å². The number of rotatable bonds is 6. The van der Waals surface area contributed by atoms with Crippen LogP contribution in [0.25, 0.3) is 16.5 Å². The smallest absolute Gasteiger partial charge is 0.338 e. The lowest BCUT2D eigenvalue weighted by Gasteiger charge is -2.20. The van der Waals surface area contributed by atoms with Gasteiger partial charge in [0.1, 0.15) is 0 Å². The summed E-state index contributed by atoms with van der Waals surface area (Å²) in [6, 6.07) is 15.4. The Hall–Kier alpha value is -2.96. The molecule has 1 atom stereocenters. The third kappa shape index (κ3) is 3.24. The lowest BCUT2D eigenvalue weighted by molar-refractivity contribution is 0.0696. The van der Waals surface area contributed by atoms with Gasteiger partial charge in [-0.15, -0.1) is 0 Å². The Morgan fingerprint density at radius 1 is 1.08 bits per heavy atom. The normalized spacial score (nSPS) is 12.2. The van der Waals surface area contributed by atoms with Crippen molar-refractivity contribution in [3.63, 3.8) is 0 Å². The van der Waals surface area contributed by atoms with Crippen LogP contribution in [-0.2, 0) is 6.54 Å². The summed E-state index contributed by atoms with van der Waals surface area (Å²) in [5.74, 6) is -1.10. The van der Waals surface area contributed by atoms with Crippen molar-refractivity contribution >= 4 is 16.7 Å². The molecule has 2 aromatic carbocycles. The molecule has 0 aliphatic carbocycles. The lowest BCUT2D eigenvalue weighted by Crippen LogP contribution is -2.34. The second-order valence-corrected chi connectivity index (χ2v) is 6.11. The van der Waals surface area contributed by atoms with Crippen LogP contribution in [0.2, 0.25) is 0 Å². The SMILES string of the molecule is C[C@H](CO)NCc1c(C(=O)O)c2ccccc2c(=O)n1-c1ccccc1. The number of hydrogen-bond acceptors (Lipinski definition) is 4. The number of aliphatic hydroxyl groups excluding tert-OH is 1. The molecule has 0 fully saturated rings. The Labute approximate surface area is 150 Å². The molecule has 134 valence electrons. The summed E-state index contributed by atoms with van der Waals surface area (Å²) >= 11 is 0. The number of carbonyl (C=O) groups is 1. The lowest BCUT2D eigenvalue weighted by atomic mass is 10.0. The standard InChI is InChI=1S/C20H20N2O4/c1-13(12-23)21-11-17-18(20(25)26)15-9-5-6-10-16(15)19(24)22(17)14-7-3-2-4-8-14/h2-10,13,21,23H,11-12H2,1H3,(H,25,26)/t13-/m1/s1. The summed E-state index contributed by atoms with van der Waals surface area (Å²) in [6.45, 7) is 1.83. The van der Waals surface area contributed by atoms with Crippen LogP contribution < -0.4 is 10.9 Å². The van der Waals surface area contributed by atoms with E-state index in [9.17, 15) is 19.8 Å². The van der Waals surface area contributed by atoms with E-state index in [1.807, 2.05) is 6.07 Å². The van der Waals surface area contributed by atoms with Gasteiger partial charge < -0.3 is 15.5 Å². The van der Waals surface area contributed by atoms with Crippen LogP contribution in [-0.4, -0.2) is 33.4 Å². The van der Waals surface area contributed by atoms with Crippen molar-refractivity contribution in [2.45, 2.75) is 19.5 Å². The molecular formula is C20H20N2O4. The predicted octanol–water partition coefficient (Wildman–Crippen LogP) is 2.16. The first-order valence-electron chi connectivity index (χ1n) is 8.34. The predicted molar refractivity (Wildman–Crippen MR) is 99.9 cm³/mol. The van der Waals surface area contributed by atoms with Gasteiger partial charge >= 0.3 is 5.97 Å². The third-order valence-electron chi connectivity index (χ3n) is 4.31. The second-order valence-electron chi connectivity index (χ2n) is 6.11. The Morgan fingerprint density at radius 2 is 1.69 bits per heavy atom. The molecule has 0 saturated heterocycles. The van der Waals surface area contributed by atoms with Crippen molar-refractivity contribution in [1.82, 2.24) is 9.88 Å². The van der Waals surface area contributed by atoms with Crippen LogP contribution in [0, 0.1) is 0 Å². The van der Waals surface area contributed by atoms with Gasteiger partial charge in [-0.25, -0.2) is 4.79 Å². The van der Waals surface area contributed by atoms with E-state index in [4.69, 9.17) is 0 Å². The zero-order valence-electron chi connectivity index (χ0n) is 14.3. The van der Waals surface area contributed by atoms with Crippen molar-refractivity contribution in [3.8, 4) is 5.69 Å². The second kappa shape index (κ2) is 7.51. The molecular weight excluding hydrogens is 332 g/mol. The molecule has 1 heterocycles. The van der Waals surface area contributed by atoms with Gasteiger partial charge in [-0.2, -0.15) is 0 Å². The first kappa shape index (κ1) is 17.8. The topological polar surface area (TPSA) is 91.6 Å². The minimum Gasteiger partial charge on any atom is -0.478 e. The molecule has 0 unspecified atom stereocenters. The summed E-state index contributed by atoms with van der Waals surface area (Å²) in [5, 5.41) is 22.9. The maximum atomic E-state index is 13.1. The number of pyridine rings is 1. The zero-order valence-corrected chi connectivity index (χ0v) is 14.3. The van der Waals surface area contributed by atoms with Crippen LogP contribution in [0.1, 0.15) is 23.0 Å². The van der Waals surface area contributed by atoms with Gasteiger partial charge in [0.15, 0.2) is 0 Å². The highest BCUT2D eigenvalue weighted by Crippen LogP contribution is 2.22. The van der Waals surface area contributed by atoms with E-state index in [0.29, 0.717) is 22.2 Å². The molecule has 0 amide bonds. The van der Waals surface area contributed by atoms with E-state index in [0.717, 1.165) is 0 Å². The van der Waals surface area contributed by atoms with Crippen molar-refractivity contribution in [3.05, 3.63) is 76.2 Å². The van der Waals surface area contributed by atoms with Crippen LogP contribution in [0.3, 0.4) is 0 Å². The van der Waals surface area contributed by atoms with Gasteiger partial charge in [0.2, 0.25) is 0 Å². The third-order valence-corrected chi connectivity index (χ3v) is 4.31. The Morgan fingerprint density at radius 3 is 2.31 bits per heavy atom. The van der Waals surface area contributed by atoms with Gasteiger partial charge in [-0.3, -0.25) is 9.36 Å². The van der Waals surface area contributed by atoms with Gasteiger partial charge in [0.05, 0.1) is 17.9 Å². The fraction of sp³-hybridized carbons (Fsp3) is 0.200. The molecule has 0 spiro atoms. The number of aliphatic hydroxyl groups is 1. The number of carboxylic acid groups (broad SMARTS) is 1. The highest BCUT2D eigenvalue weighted by atomic mass is 16.4. The van der Waals surface area contributed by atoms with Crippen molar-refractivity contribution < 1.29 is 15.0 Å². The molecule has 26 heavy (non-hydrogen) atoms. The maximum absolute atomic E-state index is 13.1. The number of para-hydroxylation sites is 1. The molecule has 3 rings (SSSR count). The largest absolute Gasteiger partial charge is 0.478 e. The number of hydrogen-bond donors (Lipinski definition) is 3. The fourth-order valence-electron chi connectivity index (χ4n) is 2.99. The molecule has 6 heteroatoms. The number of fused-ring (bicyclic) bond motifs is 1. The summed E-state index contributed by atoms with van der Waals surface area (Å²) in [5.41, 5.74) is 0.763. The van der Waals surface area contributed by atoms with E-state index in [1.165, 1.54) is 4.57 Å². The van der Waals surface area contributed by atoms with Gasteiger partial charge in [-0.05, 0) is 25.1 Å². The average Bonchev–Trinajstić information content (AvgIpc) is 2.66. The number of nitrogens with one attached hydrogen (secondary N) is 1. The van der Waals surface area contributed by atoms with Crippen molar-refractivity contribution in [2.75, 3.05) is 6.61 Å². The first-order valence-corrected chi connectivity index (χ1v) is 8.34. The monoisotopic (exact) mass is 352 g/mol. The minimum absolute atomic E-state index is 0.0849. The Kier molecular flexibility index (Phi) is 5.16. The summed E-state index contributed by atoms with van der Waals surface area (Å²) in [6.07, 6.45) is 0. The van der Waals surface area contributed by atoms with Crippen LogP contribution in [0.5, 0.6) is 0 Å². The average molecular weight is 352 g/mol. The molecule has 0 aliphatic rings. The highest BCUT2D eigenvalue weighted by molar-refractivity contribution is 6.04. The first-order chi connectivity index (χ1) is 12.5. The number of aromatic nitrogens is 1. The number of carboxylic acids is 1.